The van der Waals surface area contributed by atoms with Crippen LogP contribution < -0.4 is 0 Å². The zero-order chi connectivity index (χ0) is 10.1. The van der Waals surface area contributed by atoms with Gasteiger partial charge in [0.1, 0.15) is 0 Å². The SMILES string of the molecule is CC(C)(C)N1CCCCC1B(O)O. The Morgan fingerprint density at radius 1 is 1.23 bits per heavy atom. The van der Waals surface area contributed by atoms with E-state index in [1.165, 1.54) is 6.42 Å². The smallest absolute Gasteiger partial charge is 0.426 e. The predicted octanol–water partition coefficient (Wildman–Crippen LogP) is 0.651. The third kappa shape index (κ3) is 2.69. The van der Waals surface area contributed by atoms with Gasteiger partial charge in [-0.15, -0.1) is 0 Å². The third-order valence-corrected chi connectivity index (χ3v) is 2.76. The van der Waals surface area contributed by atoms with Crippen molar-refractivity contribution in [2.45, 2.75) is 51.5 Å². The van der Waals surface area contributed by atoms with E-state index in [-0.39, 0.29) is 11.5 Å². The highest BCUT2D eigenvalue weighted by atomic mass is 16.4. The number of piperidine rings is 1. The number of hydrogen-bond donors (Lipinski definition) is 2. The second-order valence-corrected chi connectivity index (χ2v) is 4.84. The summed E-state index contributed by atoms with van der Waals surface area (Å²) in [5, 5.41) is 18.4. The van der Waals surface area contributed by atoms with Crippen LogP contribution in [0.5, 0.6) is 0 Å². The topological polar surface area (TPSA) is 43.7 Å². The lowest BCUT2D eigenvalue weighted by Crippen LogP contribution is -2.56. The Hall–Kier alpha value is -0.0551. The van der Waals surface area contributed by atoms with E-state index in [9.17, 15) is 10.0 Å². The van der Waals surface area contributed by atoms with Gasteiger partial charge in [0.15, 0.2) is 0 Å². The van der Waals surface area contributed by atoms with Gasteiger partial charge in [0.2, 0.25) is 0 Å². The molecule has 3 nitrogen and oxygen atoms in total. The van der Waals surface area contributed by atoms with Gasteiger partial charge in [0, 0.05) is 11.5 Å². The molecule has 1 heterocycles. The molecular weight excluding hydrogens is 165 g/mol. The zero-order valence-electron chi connectivity index (χ0n) is 8.82. The molecule has 1 rings (SSSR count). The van der Waals surface area contributed by atoms with E-state index in [0.717, 1.165) is 19.4 Å². The molecule has 1 saturated heterocycles. The van der Waals surface area contributed by atoms with E-state index >= 15 is 0 Å². The van der Waals surface area contributed by atoms with Gasteiger partial charge in [-0.1, -0.05) is 6.42 Å². The first-order chi connectivity index (χ1) is 5.93. The molecule has 1 atom stereocenters. The quantitative estimate of drug-likeness (QED) is 0.589. The molecule has 0 spiro atoms. The van der Waals surface area contributed by atoms with Crippen molar-refractivity contribution in [3.05, 3.63) is 0 Å². The average molecular weight is 185 g/mol. The van der Waals surface area contributed by atoms with Gasteiger partial charge in [-0.05, 0) is 40.2 Å². The molecule has 0 aliphatic carbocycles. The number of nitrogens with zero attached hydrogens (tertiary/aromatic N) is 1. The first-order valence-electron chi connectivity index (χ1n) is 5.06. The van der Waals surface area contributed by atoms with Crippen molar-refractivity contribution in [1.29, 1.82) is 0 Å². The van der Waals surface area contributed by atoms with E-state index in [1.54, 1.807) is 0 Å². The average Bonchev–Trinajstić information content (AvgIpc) is 2.03. The molecule has 13 heavy (non-hydrogen) atoms. The molecule has 2 N–H and O–H groups in total. The van der Waals surface area contributed by atoms with Crippen LogP contribution in [0.3, 0.4) is 0 Å². The molecule has 1 aliphatic rings. The zero-order valence-corrected chi connectivity index (χ0v) is 8.82. The summed E-state index contributed by atoms with van der Waals surface area (Å²) < 4.78 is 0. The summed E-state index contributed by atoms with van der Waals surface area (Å²) in [6.07, 6.45) is 3.17. The Morgan fingerprint density at radius 2 is 1.85 bits per heavy atom. The summed E-state index contributed by atoms with van der Waals surface area (Å²) in [5.74, 6) is -0.0752. The molecule has 0 amide bonds. The summed E-state index contributed by atoms with van der Waals surface area (Å²) in [7, 11) is -1.19. The van der Waals surface area contributed by atoms with Crippen LogP contribution in [0.1, 0.15) is 40.0 Å². The first-order valence-corrected chi connectivity index (χ1v) is 5.06. The molecule has 0 aromatic heterocycles. The Bertz CT molecular complexity index is 167. The minimum atomic E-state index is -1.19. The van der Waals surface area contributed by atoms with Gasteiger partial charge in [-0.25, -0.2) is 0 Å². The van der Waals surface area contributed by atoms with Crippen molar-refractivity contribution in [2.24, 2.45) is 0 Å². The molecule has 0 aromatic rings. The fourth-order valence-electron chi connectivity index (χ4n) is 2.10. The number of rotatable bonds is 1. The Labute approximate surface area is 80.9 Å². The maximum atomic E-state index is 9.22. The largest absolute Gasteiger partial charge is 0.469 e. The number of hydrogen-bond acceptors (Lipinski definition) is 3. The summed E-state index contributed by atoms with van der Waals surface area (Å²) in [6.45, 7) is 7.33. The van der Waals surface area contributed by atoms with Crippen molar-refractivity contribution >= 4 is 7.12 Å². The summed E-state index contributed by atoms with van der Waals surface area (Å²) in [4.78, 5) is 2.20. The lowest BCUT2D eigenvalue weighted by molar-refractivity contribution is 0.0713. The van der Waals surface area contributed by atoms with Crippen LogP contribution in [0, 0.1) is 0 Å². The molecule has 1 unspecified atom stereocenters. The minimum absolute atomic E-state index is 0.0365. The molecule has 0 bridgehead atoms. The molecule has 0 aromatic carbocycles. The summed E-state index contributed by atoms with van der Waals surface area (Å²) in [5.41, 5.74) is 0.0365. The Morgan fingerprint density at radius 3 is 2.23 bits per heavy atom. The summed E-state index contributed by atoms with van der Waals surface area (Å²) >= 11 is 0. The van der Waals surface area contributed by atoms with Crippen LogP contribution >= 0.6 is 0 Å². The van der Waals surface area contributed by atoms with Crippen molar-refractivity contribution in [1.82, 2.24) is 4.90 Å². The van der Waals surface area contributed by atoms with E-state index in [1.807, 2.05) is 0 Å². The van der Waals surface area contributed by atoms with Gasteiger partial charge < -0.3 is 10.0 Å². The van der Waals surface area contributed by atoms with E-state index < -0.39 is 7.12 Å². The van der Waals surface area contributed by atoms with E-state index in [4.69, 9.17) is 0 Å². The molecule has 0 radical (unpaired) electrons. The van der Waals surface area contributed by atoms with E-state index in [0.29, 0.717) is 0 Å². The fourth-order valence-corrected chi connectivity index (χ4v) is 2.10. The minimum Gasteiger partial charge on any atom is -0.426 e. The monoisotopic (exact) mass is 185 g/mol. The second kappa shape index (κ2) is 3.99. The molecule has 0 saturated carbocycles. The Balaban J connectivity index is 2.67. The van der Waals surface area contributed by atoms with Crippen molar-refractivity contribution in [2.75, 3.05) is 6.54 Å². The Kier molecular flexibility index (Phi) is 3.38. The van der Waals surface area contributed by atoms with Crippen molar-refractivity contribution < 1.29 is 10.0 Å². The van der Waals surface area contributed by atoms with E-state index in [2.05, 4.69) is 25.7 Å². The van der Waals surface area contributed by atoms with Crippen LogP contribution in [0.4, 0.5) is 0 Å². The highest BCUT2D eigenvalue weighted by Gasteiger charge is 2.37. The van der Waals surface area contributed by atoms with Gasteiger partial charge in [-0.3, -0.25) is 4.90 Å². The van der Waals surface area contributed by atoms with Gasteiger partial charge in [0.05, 0.1) is 0 Å². The maximum Gasteiger partial charge on any atom is 0.469 e. The standard InChI is InChI=1S/C9H20BNO2/c1-9(2,3)11-7-5-4-6-8(11)10(12)13/h8,12-13H,4-7H2,1-3H3. The van der Waals surface area contributed by atoms with Gasteiger partial charge >= 0.3 is 7.12 Å². The molecule has 4 heteroatoms. The fraction of sp³-hybridized carbons (Fsp3) is 1.00. The first kappa shape index (κ1) is 11.0. The molecule has 1 aliphatic heterocycles. The van der Waals surface area contributed by atoms with Crippen molar-refractivity contribution in [3.63, 3.8) is 0 Å². The molecular formula is C9H20BNO2. The van der Waals surface area contributed by atoms with Crippen LogP contribution in [0.25, 0.3) is 0 Å². The van der Waals surface area contributed by atoms with Crippen LogP contribution in [-0.2, 0) is 0 Å². The molecule has 76 valence electrons. The highest BCUT2D eigenvalue weighted by Crippen LogP contribution is 2.25. The summed E-state index contributed by atoms with van der Waals surface area (Å²) in [6, 6.07) is 0. The van der Waals surface area contributed by atoms with Gasteiger partial charge in [0.25, 0.3) is 0 Å². The van der Waals surface area contributed by atoms with Gasteiger partial charge in [-0.2, -0.15) is 0 Å². The van der Waals surface area contributed by atoms with Crippen molar-refractivity contribution in [3.8, 4) is 0 Å². The number of likely N-dealkylation sites (tertiary alicyclic amines) is 1. The third-order valence-electron chi connectivity index (χ3n) is 2.76. The second-order valence-electron chi connectivity index (χ2n) is 4.84. The van der Waals surface area contributed by atoms with Crippen LogP contribution in [0.2, 0.25) is 0 Å². The lowest BCUT2D eigenvalue weighted by atomic mass is 9.72. The van der Waals surface area contributed by atoms with Crippen LogP contribution in [0.15, 0.2) is 0 Å². The normalized spacial score (nSPS) is 26.1. The highest BCUT2D eigenvalue weighted by molar-refractivity contribution is 6.43. The maximum absolute atomic E-state index is 9.22. The lowest BCUT2D eigenvalue weighted by Gasteiger charge is -2.44. The predicted molar refractivity (Wildman–Crippen MR) is 54.3 cm³/mol. The van der Waals surface area contributed by atoms with Crippen LogP contribution in [-0.4, -0.2) is 40.1 Å². The molecule has 1 fully saturated rings.